The smallest absolute Gasteiger partial charge is 0.236 e. The van der Waals surface area contributed by atoms with Crippen LogP contribution in [0.3, 0.4) is 0 Å². The summed E-state index contributed by atoms with van der Waals surface area (Å²) in [5, 5.41) is 5.98. The molecule has 2 N–H and O–H groups in total. The van der Waals surface area contributed by atoms with Crippen LogP contribution in [0.1, 0.15) is 34.1 Å². The zero-order chi connectivity index (χ0) is 9.56. The van der Waals surface area contributed by atoms with E-state index in [4.69, 9.17) is 0 Å². The number of carbonyl (C=O) groups is 1. The number of nitrogens with one attached hydrogen (secondary N) is 2. The topological polar surface area (TPSA) is 41.1 Å². The molecule has 3 heteroatoms. The Morgan fingerprint density at radius 3 is 2.33 bits per heavy atom. The molecule has 0 saturated heterocycles. The summed E-state index contributed by atoms with van der Waals surface area (Å²) in [5.74, 6) is 0.0813. The van der Waals surface area contributed by atoms with Gasteiger partial charge in [-0.15, -0.1) is 0 Å². The zero-order valence-electron chi connectivity index (χ0n) is 8.48. The average Bonchev–Trinajstić information content (AvgIpc) is 2.04. The number of hydrogen-bond donors (Lipinski definition) is 2. The third-order valence-electron chi connectivity index (χ3n) is 1.89. The van der Waals surface area contributed by atoms with Gasteiger partial charge < -0.3 is 10.6 Å². The fraction of sp³-hybridized carbons (Fsp3) is 0.889. The summed E-state index contributed by atoms with van der Waals surface area (Å²) in [6.45, 7) is 8.69. The molecule has 2 atom stereocenters. The Balaban J connectivity index is 3.70. The second-order valence-corrected chi connectivity index (χ2v) is 3.09. The van der Waals surface area contributed by atoms with Gasteiger partial charge in [0.1, 0.15) is 0 Å². The van der Waals surface area contributed by atoms with Gasteiger partial charge in [-0.1, -0.05) is 6.92 Å². The standard InChI is InChI=1S/C9H20N2O/c1-5-7(3)11-8(4)9(12)10-6-2/h7-8,11H,5-6H2,1-4H3,(H,10,12). The first-order chi connectivity index (χ1) is 5.61. The van der Waals surface area contributed by atoms with E-state index in [0.29, 0.717) is 12.6 Å². The average molecular weight is 172 g/mol. The van der Waals surface area contributed by atoms with Gasteiger partial charge in [0, 0.05) is 12.6 Å². The maximum absolute atomic E-state index is 11.2. The highest BCUT2D eigenvalue weighted by molar-refractivity contribution is 5.81. The first kappa shape index (κ1) is 11.4. The molecule has 0 aliphatic rings. The van der Waals surface area contributed by atoms with Gasteiger partial charge in [-0.3, -0.25) is 4.79 Å². The summed E-state index contributed by atoms with van der Waals surface area (Å²) in [5.41, 5.74) is 0. The Labute approximate surface area is 74.9 Å². The molecule has 0 saturated carbocycles. The summed E-state index contributed by atoms with van der Waals surface area (Å²) >= 11 is 0. The van der Waals surface area contributed by atoms with Crippen LogP contribution >= 0.6 is 0 Å². The van der Waals surface area contributed by atoms with Crippen molar-refractivity contribution in [2.24, 2.45) is 0 Å². The summed E-state index contributed by atoms with van der Waals surface area (Å²) in [6, 6.07) is 0.322. The van der Waals surface area contributed by atoms with Crippen LogP contribution in [0.15, 0.2) is 0 Å². The lowest BCUT2D eigenvalue weighted by Gasteiger charge is -2.17. The third-order valence-corrected chi connectivity index (χ3v) is 1.89. The van der Waals surface area contributed by atoms with Crippen molar-refractivity contribution in [3.63, 3.8) is 0 Å². The highest BCUT2D eigenvalue weighted by Crippen LogP contribution is 1.91. The van der Waals surface area contributed by atoms with Gasteiger partial charge >= 0.3 is 0 Å². The monoisotopic (exact) mass is 172 g/mol. The summed E-state index contributed by atoms with van der Waals surface area (Å²) in [7, 11) is 0. The van der Waals surface area contributed by atoms with Crippen LogP contribution < -0.4 is 10.6 Å². The lowest BCUT2D eigenvalue weighted by molar-refractivity contribution is -0.122. The molecule has 72 valence electrons. The van der Waals surface area contributed by atoms with Crippen LogP contribution in [0.5, 0.6) is 0 Å². The molecule has 0 aromatic heterocycles. The molecule has 1 amide bonds. The summed E-state index contributed by atoms with van der Waals surface area (Å²) in [4.78, 5) is 11.2. The fourth-order valence-corrected chi connectivity index (χ4v) is 0.948. The van der Waals surface area contributed by atoms with Crippen LogP contribution in [0.25, 0.3) is 0 Å². The Morgan fingerprint density at radius 2 is 1.92 bits per heavy atom. The molecule has 0 aromatic rings. The second kappa shape index (κ2) is 6.00. The van der Waals surface area contributed by atoms with E-state index in [-0.39, 0.29) is 11.9 Å². The molecule has 0 rings (SSSR count). The van der Waals surface area contributed by atoms with Crippen LogP contribution in [-0.4, -0.2) is 24.5 Å². The summed E-state index contributed by atoms with van der Waals surface area (Å²) in [6.07, 6.45) is 1.05. The molecule has 12 heavy (non-hydrogen) atoms. The lowest BCUT2D eigenvalue weighted by atomic mass is 10.2. The van der Waals surface area contributed by atoms with Gasteiger partial charge in [-0.05, 0) is 27.2 Å². The molecule has 0 radical (unpaired) electrons. The fourth-order valence-electron chi connectivity index (χ4n) is 0.948. The van der Waals surface area contributed by atoms with E-state index in [1.165, 1.54) is 0 Å². The Kier molecular flexibility index (Phi) is 5.72. The predicted octanol–water partition coefficient (Wildman–Crippen LogP) is 0.899. The van der Waals surface area contributed by atoms with Crippen molar-refractivity contribution in [3.05, 3.63) is 0 Å². The van der Waals surface area contributed by atoms with Gasteiger partial charge in [-0.25, -0.2) is 0 Å². The Morgan fingerprint density at radius 1 is 1.33 bits per heavy atom. The number of carbonyl (C=O) groups excluding carboxylic acids is 1. The van der Waals surface area contributed by atoms with Gasteiger partial charge in [0.25, 0.3) is 0 Å². The normalized spacial score (nSPS) is 15.3. The van der Waals surface area contributed by atoms with E-state index in [0.717, 1.165) is 6.42 Å². The highest BCUT2D eigenvalue weighted by Gasteiger charge is 2.12. The SMILES string of the molecule is CCNC(=O)C(C)NC(C)CC. The van der Waals surface area contributed by atoms with Crippen molar-refractivity contribution in [1.29, 1.82) is 0 Å². The molecule has 0 heterocycles. The van der Waals surface area contributed by atoms with Gasteiger partial charge in [0.15, 0.2) is 0 Å². The van der Waals surface area contributed by atoms with E-state index in [1.807, 2.05) is 13.8 Å². The largest absolute Gasteiger partial charge is 0.355 e. The molecule has 0 spiro atoms. The molecule has 0 aliphatic heterocycles. The summed E-state index contributed by atoms with van der Waals surface area (Å²) < 4.78 is 0. The number of rotatable bonds is 5. The lowest BCUT2D eigenvalue weighted by Crippen LogP contribution is -2.45. The molecular weight excluding hydrogens is 152 g/mol. The maximum atomic E-state index is 11.2. The van der Waals surface area contributed by atoms with Crippen LogP contribution in [-0.2, 0) is 4.79 Å². The zero-order valence-corrected chi connectivity index (χ0v) is 8.48. The van der Waals surface area contributed by atoms with Crippen molar-refractivity contribution in [2.75, 3.05) is 6.54 Å². The predicted molar refractivity (Wildman–Crippen MR) is 51.0 cm³/mol. The molecule has 0 aromatic carbocycles. The van der Waals surface area contributed by atoms with E-state index >= 15 is 0 Å². The maximum Gasteiger partial charge on any atom is 0.236 e. The number of hydrogen-bond acceptors (Lipinski definition) is 2. The number of likely N-dealkylation sites (N-methyl/N-ethyl adjacent to an activating group) is 1. The van der Waals surface area contributed by atoms with Crippen molar-refractivity contribution in [1.82, 2.24) is 10.6 Å². The quantitative estimate of drug-likeness (QED) is 0.647. The molecule has 0 bridgehead atoms. The van der Waals surface area contributed by atoms with Crippen molar-refractivity contribution in [2.45, 2.75) is 46.2 Å². The van der Waals surface area contributed by atoms with E-state index in [9.17, 15) is 4.79 Å². The third kappa shape index (κ3) is 4.34. The van der Waals surface area contributed by atoms with Gasteiger partial charge in [0.05, 0.1) is 6.04 Å². The van der Waals surface area contributed by atoms with Gasteiger partial charge in [-0.2, -0.15) is 0 Å². The van der Waals surface area contributed by atoms with Crippen molar-refractivity contribution in [3.8, 4) is 0 Å². The van der Waals surface area contributed by atoms with Gasteiger partial charge in [0.2, 0.25) is 5.91 Å². The minimum absolute atomic E-state index is 0.0813. The van der Waals surface area contributed by atoms with E-state index in [1.54, 1.807) is 0 Å². The van der Waals surface area contributed by atoms with E-state index < -0.39 is 0 Å². The van der Waals surface area contributed by atoms with E-state index in [2.05, 4.69) is 24.5 Å². The minimum Gasteiger partial charge on any atom is -0.355 e. The van der Waals surface area contributed by atoms with Crippen molar-refractivity contribution < 1.29 is 4.79 Å². The van der Waals surface area contributed by atoms with Crippen LogP contribution in [0, 0.1) is 0 Å². The number of amides is 1. The Bertz CT molecular complexity index is 136. The Hall–Kier alpha value is -0.570. The molecule has 2 unspecified atom stereocenters. The first-order valence-corrected chi connectivity index (χ1v) is 4.65. The molecule has 0 aliphatic carbocycles. The van der Waals surface area contributed by atoms with Crippen molar-refractivity contribution >= 4 is 5.91 Å². The van der Waals surface area contributed by atoms with Crippen LogP contribution in [0.2, 0.25) is 0 Å². The molecule has 3 nitrogen and oxygen atoms in total. The van der Waals surface area contributed by atoms with Crippen LogP contribution in [0.4, 0.5) is 0 Å². The minimum atomic E-state index is -0.0834. The molecule has 0 fully saturated rings. The highest BCUT2D eigenvalue weighted by atomic mass is 16.2. The second-order valence-electron chi connectivity index (χ2n) is 3.09. The molecular formula is C9H20N2O. The first-order valence-electron chi connectivity index (χ1n) is 4.65.